The van der Waals surface area contributed by atoms with Gasteiger partial charge in [0.1, 0.15) is 16.5 Å². The van der Waals surface area contributed by atoms with E-state index in [0.717, 1.165) is 32.8 Å². The van der Waals surface area contributed by atoms with Crippen LogP contribution in [0.4, 0.5) is 8.78 Å². The normalized spacial score (nSPS) is 16.7. The zero-order valence-electron chi connectivity index (χ0n) is 17.6. The second kappa shape index (κ2) is 8.96. The summed E-state index contributed by atoms with van der Waals surface area (Å²) in [4.78, 5) is 12.2. The van der Waals surface area contributed by atoms with E-state index in [9.17, 15) is 22.0 Å². The Hall–Kier alpha value is -2.84. The fraction of sp³-hybridized carbons (Fsp3) is 0.292. The molecule has 0 bridgehead atoms. The maximum absolute atomic E-state index is 14.0. The summed E-state index contributed by atoms with van der Waals surface area (Å²) in [6.45, 7) is 2.06. The maximum atomic E-state index is 14.0. The summed E-state index contributed by atoms with van der Waals surface area (Å²) in [6.07, 6.45) is 0.620. The lowest BCUT2D eigenvalue weighted by Gasteiger charge is -2.31. The molecule has 3 aromatic carbocycles. The first-order valence-corrected chi connectivity index (χ1v) is 11.9. The SMILES string of the molecule is CC(NC(=O)C1CCN(S(=O)(=O)c2cc(F)ccc2F)CC1)c1cccc2ccccc12. The van der Waals surface area contributed by atoms with Gasteiger partial charge in [-0.2, -0.15) is 4.31 Å². The Balaban J connectivity index is 1.42. The number of rotatable bonds is 5. The smallest absolute Gasteiger partial charge is 0.246 e. The van der Waals surface area contributed by atoms with Crippen LogP contribution in [-0.2, 0) is 14.8 Å². The van der Waals surface area contributed by atoms with Crippen LogP contribution in [0.2, 0.25) is 0 Å². The van der Waals surface area contributed by atoms with Crippen LogP contribution in [0, 0.1) is 17.6 Å². The summed E-state index contributed by atoms with van der Waals surface area (Å²) in [6, 6.07) is 16.1. The molecule has 1 aliphatic heterocycles. The molecule has 1 atom stereocenters. The molecule has 1 aliphatic rings. The van der Waals surface area contributed by atoms with E-state index in [4.69, 9.17) is 0 Å². The molecular formula is C24H24F2N2O3S. The molecule has 0 aromatic heterocycles. The first-order chi connectivity index (χ1) is 15.3. The highest BCUT2D eigenvalue weighted by Crippen LogP contribution is 2.28. The number of nitrogens with one attached hydrogen (secondary N) is 1. The third-order valence-corrected chi connectivity index (χ3v) is 7.90. The molecule has 0 saturated carbocycles. The van der Waals surface area contributed by atoms with Gasteiger partial charge < -0.3 is 5.32 Å². The highest BCUT2D eigenvalue weighted by Gasteiger charge is 2.34. The van der Waals surface area contributed by atoms with Crippen molar-refractivity contribution < 1.29 is 22.0 Å². The van der Waals surface area contributed by atoms with Crippen LogP contribution in [0.3, 0.4) is 0 Å². The summed E-state index contributed by atoms with van der Waals surface area (Å²) < 4.78 is 54.1. The van der Waals surface area contributed by atoms with E-state index in [1.807, 2.05) is 49.4 Å². The average molecular weight is 459 g/mol. The number of benzene rings is 3. The van der Waals surface area contributed by atoms with Crippen molar-refractivity contribution >= 4 is 26.7 Å². The quantitative estimate of drug-likeness (QED) is 0.617. The van der Waals surface area contributed by atoms with Gasteiger partial charge in [-0.3, -0.25) is 4.79 Å². The van der Waals surface area contributed by atoms with Gasteiger partial charge in [-0.15, -0.1) is 0 Å². The maximum Gasteiger partial charge on any atom is 0.246 e. The molecule has 0 radical (unpaired) electrons. The second-order valence-corrected chi connectivity index (χ2v) is 9.96. The summed E-state index contributed by atoms with van der Waals surface area (Å²) in [5.74, 6) is -2.30. The molecule has 0 spiro atoms. The molecule has 32 heavy (non-hydrogen) atoms. The molecule has 1 unspecified atom stereocenters. The first-order valence-electron chi connectivity index (χ1n) is 10.5. The molecule has 5 nitrogen and oxygen atoms in total. The number of carbonyl (C=O) groups is 1. The van der Waals surface area contributed by atoms with Crippen molar-refractivity contribution in [2.75, 3.05) is 13.1 Å². The zero-order chi connectivity index (χ0) is 22.9. The standard InChI is InChI=1S/C24H24F2N2O3S/c1-16(20-8-4-6-17-5-2-3-7-21(17)20)27-24(29)18-11-13-28(14-12-18)32(30,31)23-15-19(25)9-10-22(23)26/h2-10,15-16,18H,11-14H2,1H3,(H,27,29). The largest absolute Gasteiger partial charge is 0.349 e. The topological polar surface area (TPSA) is 66.5 Å². The summed E-state index contributed by atoms with van der Waals surface area (Å²) in [5.41, 5.74) is 1.01. The number of nitrogens with zero attached hydrogens (tertiary/aromatic N) is 1. The molecule has 168 valence electrons. The van der Waals surface area contributed by atoms with Gasteiger partial charge >= 0.3 is 0 Å². The van der Waals surface area contributed by atoms with Crippen LogP contribution >= 0.6 is 0 Å². The molecule has 1 fully saturated rings. The first kappa shape index (κ1) is 22.4. The molecule has 1 N–H and O–H groups in total. The summed E-state index contributed by atoms with van der Waals surface area (Å²) >= 11 is 0. The average Bonchev–Trinajstić information content (AvgIpc) is 2.80. The van der Waals surface area contributed by atoms with Crippen LogP contribution in [0.15, 0.2) is 65.6 Å². The van der Waals surface area contributed by atoms with E-state index in [1.165, 1.54) is 0 Å². The van der Waals surface area contributed by atoms with Gasteiger partial charge in [-0.05, 0) is 54.3 Å². The number of hydrogen-bond donors (Lipinski definition) is 1. The van der Waals surface area contributed by atoms with Gasteiger partial charge in [0.2, 0.25) is 15.9 Å². The number of fused-ring (bicyclic) bond motifs is 1. The molecule has 4 rings (SSSR count). The number of piperidine rings is 1. The van der Waals surface area contributed by atoms with Gasteiger partial charge in [0, 0.05) is 19.0 Å². The van der Waals surface area contributed by atoms with E-state index >= 15 is 0 Å². The molecular weight excluding hydrogens is 434 g/mol. The van der Waals surface area contributed by atoms with E-state index in [2.05, 4.69) is 5.32 Å². The van der Waals surface area contributed by atoms with Gasteiger partial charge in [-0.1, -0.05) is 42.5 Å². The van der Waals surface area contributed by atoms with Crippen LogP contribution in [0.25, 0.3) is 10.8 Å². The van der Waals surface area contributed by atoms with Crippen molar-refractivity contribution in [3.8, 4) is 0 Å². The highest BCUT2D eigenvalue weighted by molar-refractivity contribution is 7.89. The van der Waals surface area contributed by atoms with Crippen LogP contribution < -0.4 is 5.32 Å². The Morgan fingerprint density at radius 1 is 1.03 bits per heavy atom. The number of carbonyl (C=O) groups excluding carboxylic acids is 1. The minimum atomic E-state index is -4.17. The molecule has 8 heteroatoms. The van der Waals surface area contributed by atoms with Crippen LogP contribution in [-0.4, -0.2) is 31.7 Å². The van der Waals surface area contributed by atoms with Crippen molar-refractivity contribution in [3.63, 3.8) is 0 Å². The Labute approximate surface area is 186 Å². The fourth-order valence-corrected chi connectivity index (χ4v) is 5.76. The third kappa shape index (κ3) is 4.38. The minimum Gasteiger partial charge on any atom is -0.349 e. The van der Waals surface area contributed by atoms with E-state index < -0.39 is 26.6 Å². The monoisotopic (exact) mass is 458 g/mol. The minimum absolute atomic E-state index is 0.0685. The lowest BCUT2D eigenvalue weighted by Crippen LogP contribution is -2.43. The Morgan fingerprint density at radius 3 is 2.47 bits per heavy atom. The zero-order valence-corrected chi connectivity index (χ0v) is 18.4. The van der Waals surface area contributed by atoms with E-state index in [1.54, 1.807) is 0 Å². The molecule has 1 heterocycles. The molecule has 1 amide bonds. The fourth-order valence-electron chi connectivity index (χ4n) is 4.21. The van der Waals surface area contributed by atoms with Gasteiger partial charge in [-0.25, -0.2) is 17.2 Å². The van der Waals surface area contributed by atoms with Crippen molar-refractivity contribution in [3.05, 3.63) is 77.9 Å². The highest BCUT2D eigenvalue weighted by atomic mass is 32.2. The third-order valence-electron chi connectivity index (χ3n) is 5.98. The predicted octanol–water partition coefficient (Wildman–Crippen LogP) is 4.40. The van der Waals surface area contributed by atoms with Crippen molar-refractivity contribution in [1.82, 2.24) is 9.62 Å². The number of hydrogen-bond acceptors (Lipinski definition) is 3. The summed E-state index contributed by atoms with van der Waals surface area (Å²) in [5, 5.41) is 5.21. The molecule has 1 saturated heterocycles. The van der Waals surface area contributed by atoms with Crippen LogP contribution in [0.1, 0.15) is 31.4 Å². The molecule has 0 aliphatic carbocycles. The molecule has 3 aromatic rings. The predicted molar refractivity (Wildman–Crippen MR) is 118 cm³/mol. The van der Waals surface area contributed by atoms with Crippen molar-refractivity contribution in [2.45, 2.75) is 30.7 Å². The number of sulfonamides is 1. The van der Waals surface area contributed by atoms with Gasteiger partial charge in [0.15, 0.2) is 0 Å². The summed E-state index contributed by atoms with van der Waals surface area (Å²) in [7, 11) is -4.17. The lowest BCUT2D eigenvalue weighted by atomic mass is 9.95. The van der Waals surface area contributed by atoms with Gasteiger partial charge in [0.05, 0.1) is 6.04 Å². The van der Waals surface area contributed by atoms with E-state index in [-0.39, 0.29) is 31.0 Å². The van der Waals surface area contributed by atoms with Crippen molar-refractivity contribution in [2.24, 2.45) is 5.92 Å². The van der Waals surface area contributed by atoms with Crippen molar-refractivity contribution in [1.29, 1.82) is 0 Å². The lowest BCUT2D eigenvalue weighted by molar-refractivity contribution is -0.126. The Morgan fingerprint density at radius 2 is 1.72 bits per heavy atom. The Bertz CT molecular complexity index is 1250. The Kier molecular flexibility index (Phi) is 6.26. The van der Waals surface area contributed by atoms with Gasteiger partial charge in [0.25, 0.3) is 0 Å². The number of halogens is 2. The van der Waals surface area contributed by atoms with E-state index in [0.29, 0.717) is 18.9 Å². The van der Waals surface area contributed by atoms with Crippen LogP contribution in [0.5, 0.6) is 0 Å². The number of amides is 1. The second-order valence-electron chi connectivity index (χ2n) is 8.05.